The van der Waals surface area contributed by atoms with Crippen molar-refractivity contribution in [1.29, 1.82) is 0 Å². The van der Waals surface area contributed by atoms with Gasteiger partial charge in [-0.2, -0.15) is 4.31 Å². The van der Waals surface area contributed by atoms with E-state index in [0.717, 1.165) is 17.2 Å². The molecule has 10 nitrogen and oxygen atoms in total. The Morgan fingerprint density at radius 1 is 0.976 bits per heavy atom. The number of benzene rings is 3. The van der Waals surface area contributed by atoms with Crippen molar-refractivity contribution in [3.05, 3.63) is 66.7 Å². The minimum atomic E-state index is -3.60. The number of nitrogens with one attached hydrogen (secondary N) is 2. The van der Waals surface area contributed by atoms with Gasteiger partial charge in [-0.25, -0.2) is 16.8 Å². The fraction of sp³-hybridized carbons (Fsp3) is 0.467. The number of hydrogen-bond donors (Lipinski definition) is 3. The van der Waals surface area contributed by atoms with E-state index in [2.05, 4.69) is 10.6 Å². The van der Waals surface area contributed by atoms with E-state index in [1.54, 1.807) is 34.6 Å². The van der Waals surface area contributed by atoms with Crippen LogP contribution in [-0.2, 0) is 24.6 Å². The highest BCUT2D eigenvalue weighted by Gasteiger charge is 2.44. The van der Waals surface area contributed by atoms with E-state index in [4.69, 9.17) is 9.47 Å². The smallest absolute Gasteiger partial charge is 0.243 e. The van der Waals surface area contributed by atoms with E-state index in [1.807, 2.05) is 30.3 Å². The van der Waals surface area contributed by atoms with Crippen LogP contribution in [0.3, 0.4) is 0 Å². The molecule has 2 atom stereocenters. The predicted octanol–water partition coefficient (Wildman–Crippen LogP) is 1.93. The monoisotopic (exact) mass is 615 g/mol. The zero-order valence-electron chi connectivity index (χ0n) is 23.3. The molecule has 3 aromatic carbocycles. The molecule has 3 fully saturated rings. The molecule has 0 radical (unpaired) electrons. The van der Waals surface area contributed by atoms with Crippen LogP contribution in [0.5, 0.6) is 5.75 Å². The Morgan fingerprint density at radius 2 is 1.74 bits per heavy atom. The average molecular weight is 616 g/mol. The standard InChI is InChI=1S/C30H37N3O7S2/c34-25(21-39-26-6-3-7-27(15-26)41(35,36)29-18-31-19-29)17-32-24-16-30(40-20-24)10-12-33(13-11-30)42(37,38)28-9-8-22-4-1-2-5-23(22)14-28/h1-9,14-15,24-25,29,31-32,34H,10-13,16-21H2. The molecule has 1 spiro atoms. The highest BCUT2D eigenvalue weighted by molar-refractivity contribution is 7.92. The summed E-state index contributed by atoms with van der Waals surface area (Å²) in [5, 5.41) is 18.3. The molecule has 3 N–H and O–H groups in total. The van der Waals surface area contributed by atoms with Gasteiger partial charge in [0, 0.05) is 38.8 Å². The first-order valence-electron chi connectivity index (χ1n) is 14.4. The number of ether oxygens (including phenoxy) is 2. The summed E-state index contributed by atoms with van der Waals surface area (Å²) in [6, 6.07) is 19.4. The fourth-order valence-electron chi connectivity index (χ4n) is 5.90. The van der Waals surface area contributed by atoms with E-state index < -0.39 is 31.2 Å². The molecule has 3 aromatic rings. The Bertz CT molecular complexity index is 1640. The molecule has 3 saturated heterocycles. The van der Waals surface area contributed by atoms with Crippen molar-refractivity contribution >= 4 is 30.6 Å². The molecule has 226 valence electrons. The van der Waals surface area contributed by atoms with Gasteiger partial charge in [-0.15, -0.1) is 0 Å². The van der Waals surface area contributed by atoms with Gasteiger partial charge >= 0.3 is 0 Å². The molecule has 12 heteroatoms. The minimum Gasteiger partial charge on any atom is -0.491 e. The molecule has 3 heterocycles. The van der Waals surface area contributed by atoms with Crippen molar-refractivity contribution in [3.63, 3.8) is 0 Å². The van der Waals surface area contributed by atoms with Gasteiger partial charge in [0.2, 0.25) is 10.0 Å². The van der Waals surface area contributed by atoms with Crippen LogP contribution in [0.15, 0.2) is 76.5 Å². The lowest BCUT2D eigenvalue weighted by Gasteiger charge is -2.38. The molecule has 42 heavy (non-hydrogen) atoms. The van der Waals surface area contributed by atoms with Crippen LogP contribution in [-0.4, -0.2) is 95.2 Å². The molecule has 0 amide bonds. The van der Waals surface area contributed by atoms with Gasteiger partial charge in [-0.1, -0.05) is 36.4 Å². The van der Waals surface area contributed by atoms with Crippen LogP contribution < -0.4 is 15.4 Å². The van der Waals surface area contributed by atoms with Gasteiger partial charge < -0.3 is 25.2 Å². The fourth-order valence-corrected chi connectivity index (χ4v) is 8.99. The Balaban J connectivity index is 0.967. The maximum Gasteiger partial charge on any atom is 0.243 e. The summed E-state index contributed by atoms with van der Waals surface area (Å²) >= 11 is 0. The molecule has 3 aliphatic heterocycles. The Labute approximate surface area is 247 Å². The quantitative estimate of drug-likeness (QED) is 0.313. The highest BCUT2D eigenvalue weighted by atomic mass is 32.2. The number of fused-ring (bicyclic) bond motifs is 1. The van der Waals surface area contributed by atoms with Crippen molar-refractivity contribution < 1.29 is 31.4 Å². The summed E-state index contributed by atoms with van der Waals surface area (Å²) in [5.41, 5.74) is -0.379. The van der Waals surface area contributed by atoms with Crippen molar-refractivity contribution in [1.82, 2.24) is 14.9 Å². The van der Waals surface area contributed by atoms with Gasteiger partial charge in [0.05, 0.1) is 27.2 Å². The lowest BCUT2D eigenvalue weighted by Crippen LogP contribution is -2.51. The average Bonchev–Trinajstić information content (AvgIpc) is 3.36. The van der Waals surface area contributed by atoms with Crippen LogP contribution in [0.25, 0.3) is 10.8 Å². The molecule has 3 aliphatic rings. The van der Waals surface area contributed by atoms with Crippen LogP contribution in [0.4, 0.5) is 0 Å². The number of piperidine rings is 1. The lowest BCUT2D eigenvalue weighted by molar-refractivity contribution is -0.0312. The van der Waals surface area contributed by atoms with Crippen molar-refractivity contribution in [3.8, 4) is 5.75 Å². The van der Waals surface area contributed by atoms with E-state index in [9.17, 15) is 21.9 Å². The highest BCUT2D eigenvalue weighted by Crippen LogP contribution is 2.37. The van der Waals surface area contributed by atoms with Crippen molar-refractivity contribution in [2.75, 3.05) is 45.9 Å². The summed E-state index contributed by atoms with van der Waals surface area (Å²) in [6.45, 7) is 2.48. The van der Waals surface area contributed by atoms with Gasteiger partial charge in [0.15, 0.2) is 9.84 Å². The zero-order chi connectivity index (χ0) is 29.4. The van der Waals surface area contributed by atoms with Crippen LogP contribution >= 0.6 is 0 Å². The predicted molar refractivity (Wildman–Crippen MR) is 159 cm³/mol. The van der Waals surface area contributed by atoms with Crippen LogP contribution in [0, 0.1) is 0 Å². The van der Waals surface area contributed by atoms with Crippen LogP contribution in [0.1, 0.15) is 19.3 Å². The first-order chi connectivity index (χ1) is 20.1. The number of hydrogen-bond acceptors (Lipinski definition) is 9. The molecule has 0 aliphatic carbocycles. The van der Waals surface area contributed by atoms with Gasteiger partial charge in [-0.05, 0) is 60.4 Å². The van der Waals surface area contributed by atoms with Gasteiger partial charge in [-0.3, -0.25) is 0 Å². The SMILES string of the molecule is O=S(=O)(c1cccc(OCC(O)CNC2COC3(CCN(S(=O)(=O)c4ccc5ccccc5c4)CC3)C2)c1)C1CNC1. The first-order valence-corrected chi connectivity index (χ1v) is 17.4. The zero-order valence-corrected chi connectivity index (χ0v) is 24.9. The minimum absolute atomic E-state index is 0.0157. The summed E-state index contributed by atoms with van der Waals surface area (Å²) in [6.07, 6.45) is 1.16. The molecule has 0 aromatic heterocycles. The number of aliphatic hydroxyl groups excluding tert-OH is 1. The molecular weight excluding hydrogens is 578 g/mol. The third-order valence-electron chi connectivity index (χ3n) is 8.60. The molecule has 0 saturated carbocycles. The normalized spacial score (nSPS) is 22.3. The summed E-state index contributed by atoms with van der Waals surface area (Å²) in [5.74, 6) is 0.399. The van der Waals surface area contributed by atoms with Crippen molar-refractivity contribution in [2.45, 2.75) is 52.1 Å². The summed E-state index contributed by atoms with van der Waals surface area (Å²) in [7, 11) is -7.00. The summed E-state index contributed by atoms with van der Waals surface area (Å²) in [4.78, 5) is 0.535. The second-order valence-corrected chi connectivity index (χ2v) is 15.6. The molecular formula is C30H37N3O7S2. The summed E-state index contributed by atoms with van der Waals surface area (Å²) < 4.78 is 65.5. The number of sulfone groups is 1. The third-order valence-corrected chi connectivity index (χ3v) is 12.6. The first kappa shape index (κ1) is 29.5. The van der Waals surface area contributed by atoms with Gasteiger partial charge in [0.1, 0.15) is 18.5 Å². The number of sulfonamides is 1. The topological polar surface area (TPSA) is 134 Å². The third kappa shape index (κ3) is 6.07. The number of nitrogens with zero attached hydrogens (tertiary/aromatic N) is 1. The van der Waals surface area contributed by atoms with Gasteiger partial charge in [0.25, 0.3) is 0 Å². The van der Waals surface area contributed by atoms with Crippen LogP contribution in [0.2, 0.25) is 0 Å². The number of aliphatic hydroxyl groups is 1. The second-order valence-electron chi connectivity index (χ2n) is 11.5. The number of rotatable bonds is 10. The van der Waals surface area contributed by atoms with E-state index in [0.29, 0.717) is 56.3 Å². The largest absolute Gasteiger partial charge is 0.491 e. The van der Waals surface area contributed by atoms with Crippen molar-refractivity contribution in [2.24, 2.45) is 0 Å². The van der Waals surface area contributed by atoms with E-state index >= 15 is 0 Å². The maximum atomic E-state index is 13.4. The molecule has 6 rings (SSSR count). The molecule has 2 unspecified atom stereocenters. The Hall–Kier alpha value is -2.58. The Kier molecular flexibility index (Phi) is 8.31. The maximum absolute atomic E-state index is 13.4. The van der Waals surface area contributed by atoms with E-state index in [-0.39, 0.29) is 29.7 Å². The lowest BCUT2D eigenvalue weighted by atomic mass is 9.88. The Morgan fingerprint density at radius 3 is 2.48 bits per heavy atom. The van der Waals surface area contributed by atoms with E-state index in [1.165, 1.54) is 6.07 Å². The molecule has 0 bridgehead atoms. The second kappa shape index (κ2) is 11.8.